The maximum Gasteiger partial charge on any atom is 0.151 e. The van der Waals surface area contributed by atoms with Crippen molar-refractivity contribution < 1.29 is 4.79 Å². The van der Waals surface area contributed by atoms with E-state index in [1.807, 2.05) is 12.3 Å². The molecule has 0 radical (unpaired) electrons. The molecule has 88 valence electrons. The fraction of sp³-hybridized carbons (Fsp3) is 0.231. The van der Waals surface area contributed by atoms with Crippen LogP contribution in [-0.4, -0.2) is 15.8 Å². The number of aromatic nitrogens is 2. The average Bonchev–Trinajstić information content (AvgIpc) is 2.78. The molecule has 0 aliphatic heterocycles. The fourth-order valence-corrected chi connectivity index (χ4v) is 1.98. The summed E-state index contributed by atoms with van der Waals surface area (Å²) in [6.07, 6.45) is 5.51. The second kappa shape index (κ2) is 5.15. The van der Waals surface area contributed by atoms with Crippen LogP contribution in [0.5, 0.6) is 0 Å². The molecule has 0 unspecified atom stereocenters. The van der Waals surface area contributed by atoms with Gasteiger partial charge in [0.15, 0.2) is 6.29 Å². The summed E-state index contributed by atoms with van der Waals surface area (Å²) in [6, 6.07) is 5.36. The van der Waals surface area contributed by atoms with E-state index in [9.17, 15) is 4.79 Å². The number of carbonyl (C=O) groups is 1. The lowest BCUT2D eigenvalue weighted by molar-refractivity contribution is 0.112. The van der Waals surface area contributed by atoms with Crippen molar-refractivity contribution >= 4 is 17.9 Å². The van der Waals surface area contributed by atoms with E-state index >= 15 is 0 Å². The summed E-state index contributed by atoms with van der Waals surface area (Å²) in [5.41, 5.74) is 1.43. The molecule has 0 aliphatic rings. The van der Waals surface area contributed by atoms with E-state index in [4.69, 9.17) is 11.6 Å². The minimum Gasteiger partial charge on any atom is -0.331 e. The van der Waals surface area contributed by atoms with Crippen molar-refractivity contribution in [3.8, 4) is 11.4 Å². The first kappa shape index (κ1) is 11.9. The zero-order valence-corrected chi connectivity index (χ0v) is 10.3. The van der Waals surface area contributed by atoms with Crippen molar-refractivity contribution in [1.29, 1.82) is 0 Å². The first-order chi connectivity index (χ1) is 8.26. The Bertz CT molecular complexity index is 534. The van der Waals surface area contributed by atoms with Crippen LogP contribution in [0.4, 0.5) is 0 Å². The van der Waals surface area contributed by atoms with Crippen molar-refractivity contribution in [2.24, 2.45) is 0 Å². The van der Waals surface area contributed by atoms with Gasteiger partial charge in [-0.05, 0) is 18.6 Å². The van der Waals surface area contributed by atoms with Crippen molar-refractivity contribution in [2.75, 3.05) is 0 Å². The number of carbonyl (C=O) groups excluding carboxylic acids is 1. The predicted molar refractivity (Wildman–Crippen MR) is 68.4 cm³/mol. The molecule has 3 nitrogen and oxygen atoms in total. The Hall–Kier alpha value is -1.61. The van der Waals surface area contributed by atoms with Gasteiger partial charge in [0, 0.05) is 30.1 Å². The lowest BCUT2D eigenvalue weighted by Gasteiger charge is -2.07. The number of hydrogen-bond acceptors (Lipinski definition) is 2. The third-order valence-electron chi connectivity index (χ3n) is 2.57. The number of benzene rings is 1. The minimum atomic E-state index is 0.462. The van der Waals surface area contributed by atoms with E-state index in [-0.39, 0.29) is 0 Å². The van der Waals surface area contributed by atoms with Gasteiger partial charge in [0.05, 0.1) is 5.02 Å². The highest BCUT2D eigenvalue weighted by atomic mass is 35.5. The van der Waals surface area contributed by atoms with Crippen LogP contribution >= 0.6 is 11.6 Å². The Morgan fingerprint density at radius 3 is 2.94 bits per heavy atom. The first-order valence-electron chi connectivity index (χ1n) is 5.52. The van der Waals surface area contributed by atoms with Crippen LogP contribution in [0, 0.1) is 0 Å². The summed E-state index contributed by atoms with van der Waals surface area (Å²) in [5.74, 6) is 0.881. The molecule has 0 fully saturated rings. The second-order valence-corrected chi connectivity index (χ2v) is 4.21. The third kappa shape index (κ3) is 2.39. The van der Waals surface area contributed by atoms with Gasteiger partial charge in [-0.3, -0.25) is 4.79 Å². The normalized spacial score (nSPS) is 10.5. The van der Waals surface area contributed by atoms with Crippen molar-refractivity contribution in [3.63, 3.8) is 0 Å². The largest absolute Gasteiger partial charge is 0.331 e. The number of hydrogen-bond donors (Lipinski definition) is 0. The van der Waals surface area contributed by atoms with E-state index in [0.29, 0.717) is 10.6 Å². The Morgan fingerprint density at radius 1 is 1.47 bits per heavy atom. The highest BCUT2D eigenvalue weighted by Crippen LogP contribution is 2.24. The van der Waals surface area contributed by atoms with Crippen LogP contribution < -0.4 is 0 Å². The second-order valence-electron chi connectivity index (χ2n) is 3.80. The standard InChI is InChI=1S/C13H13ClN2O/c1-2-6-16-7-5-15-13(16)10-3-4-11(9-17)12(14)8-10/h3-5,7-9H,2,6H2,1H3. The quantitative estimate of drug-likeness (QED) is 0.777. The Kier molecular flexibility index (Phi) is 3.59. The number of aldehydes is 1. The lowest BCUT2D eigenvalue weighted by atomic mass is 10.1. The Balaban J connectivity index is 2.42. The van der Waals surface area contributed by atoms with E-state index in [2.05, 4.69) is 16.5 Å². The summed E-state index contributed by atoms with van der Waals surface area (Å²) in [6.45, 7) is 3.04. The van der Waals surface area contributed by atoms with Crippen molar-refractivity contribution in [1.82, 2.24) is 9.55 Å². The predicted octanol–water partition coefficient (Wildman–Crippen LogP) is 3.43. The maximum absolute atomic E-state index is 10.7. The molecule has 17 heavy (non-hydrogen) atoms. The van der Waals surface area contributed by atoms with Gasteiger partial charge in [0.1, 0.15) is 5.82 Å². The van der Waals surface area contributed by atoms with E-state index in [1.54, 1.807) is 18.3 Å². The van der Waals surface area contributed by atoms with Crippen LogP contribution in [0.2, 0.25) is 5.02 Å². The highest BCUT2D eigenvalue weighted by molar-refractivity contribution is 6.33. The minimum absolute atomic E-state index is 0.462. The number of halogens is 1. The average molecular weight is 249 g/mol. The molecular formula is C13H13ClN2O. The zero-order valence-electron chi connectivity index (χ0n) is 9.56. The van der Waals surface area contributed by atoms with E-state index in [1.165, 1.54) is 0 Å². The molecule has 2 rings (SSSR count). The summed E-state index contributed by atoms with van der Waals surface area (Å²) >= 11 is 6.01. The lowest BCUT2D eigenvalue weighted by Crippen LogP contribution is -1.98. The van der Waals surface area contributed by atoms with Gasteiger partial charge in [-0.15, -0.1) is 0 Å². The first-order valence-corrected chi connectivity index (χ1v) is 5.90. The number of nitrogens with zero attached hydrogens (tertiary/aromatic N) is 2. The highest BCUT2D eigenvalue weighted by Gasteiger charge is 2.07. The summed E-state index contributed by atoms with van der Waals surface area (Å²) < 4.78 is 2.08. The summed E-state index contributed by atoms with van der Waals surface area (Å²) in [7, 11) is 0. The molecule has 0 N–H and O–H groups in total. The zero-order chi connectivity index (χ0) is 12.3. The molecule has 0 atom stereocenters. The SMILES string of the molecule is CCCn1ccnc1-c1ccc(C=O)c(Cl)c1. The molecule has 1 aromatic heterocycles. The van der Waals surface area contributed by atoms with Crippen LogP contribution in [0.25, 0.3) is 11.4 Å². The molecule has 0 saturated heterocycles. The smallest absolute Gasteiger partial charge is 0.151 e. The molecule has 0 amide bonds. The molecule has 2 aromatic rings. The monoisotopic (exact) mass is 248 g/mol. The van der Waals surface area contributed by atoms with Crippen LogP contribution in [-0.2, 0) is 6.54 Å². The van der Waals surface area contributed by atoms with Gasteiger partial charge in [-0.2, -0.15) is 0 Å². The molecular weight excluding hydrogens is 236 g/mol. The molecule has 0 saturated carbocycles. The molecule has 0 spiro atoms. The maximum atomic E-state index is 10.7. The van der Waals surface area contributed by atoms with Crippen LogP contribution in [0.3, 0.4) is 0 Å². The van der Waals surface area contributed by atoms with E-state index < -0.39 is 0 Å². The van der Waals surface area contributed by atoms with Crippen LogP contribution in [0.1, 0.15) is 23.7 Å². The molecule has 1 aromatic carbocycles. The Morgan fingerprint density at radius 2 is 2.29 bits per heavy atom. The van der Waals surface area contributed by atoms with Gasteiger partial charge in [-0.1, -0.05) is 24.6 Å². The van der Waals surface area contributed by atoms with Crippen LogP contribution in [0.15, 0.2) is 30.6 Å². The number of aryl methyl sites for hydroxylation is 1. The van der Waals surface area contributed by atoms with Gasteiger partial charge in [0.2, 0.25) is 0 Å². The molecule has 4 heteroatoms. The van der Waals surface area contributed by atoms with Crippen molar-refractivity contribution in [3.05, 3.63) is 41.2 Å². The topological polar surface area (TPSA) is 34.9 Å². The molecule has 0 aliphatic carbocycles. The summed E-state index contributed by atoms with van der Waals surface area (Å²) in [4.78, 5) is 15.0. The number of imidazole rings is 1. The summed E-state index contributed by atoms with van der Waals surface area (Å²) in [5, 5.41) is 0.462. The molecule has 1 heterocycles. The van der Waals surface area contributed by atoms with Gasteiger partial charge in [0.25, 0.3) is 0 Å². The number of rotatable bonds is 4. The van der Waals surface area contributed by atoms with Gasteiger partial charge < -0.3 is 4.57 Å². The van der Waals surface area contributed by atoms with Gasteiger partial charge in [-0.25, -0.2) is 4.98 Å². The fourth-order valence-electron chi connectivity index (χ4n) is 1.75. The van der Waals surface area contributed by atoms with Crippen molar-refractivity contribution in [2.45, 2.75) is 19.9 Å². The molecule has 0 bridgehead atoms. The third-order valence-corrected chi connectivity index (χ3v) is 2.89. The van der Waals surface area contributed by atoms with Gasteiger partial charge >= 0.3 is 0 Å². The van der Waals surface area contributed by atoms with E-state index in [0.717, 1.165) is 30.6 Å². The Labute approximate surface area is 105 Å².